The smallest absolute Gasteiger partial charge is 0.255 e. The van der Waals surface area contributed by atoms with Crippen molar-refractivity contribution >= 4 is 16.9 Å². The van der Waals surface area contributed by atoms with Crippen molar-refractivity contribution in [2.24, 2.45) is 11.7 Å². The standard InChI is InChI=1S/C24H27N5O4/c25-14-3-5-15(6-4-14)29-24(30)16-9-26-22-20(16)27-11-28-21(22)19-17(31-10-13-1-2-13)7-8-18-23(19)33-12-32-18/h7-9,11,13-15,26H,1-6,10,12,25H2,(H,29,30). The van der Waals surface area contributed by atoms with Gasteiger partial charge in [0.15, 0.2) is 11.5 Å². The van der Waals surface area contributed by atoms with Crippen molar-refractivity contribution < 1.29 is 19.0 Å². The van der Waals surface area contributed by atoms with Crippen LogP contribution in [0.3, 0.4) is 0 Å². The van der Waals surface area contributed by atoms with Gasteiger partial charge in [-0.2, -0.15) is 0 Å². The molecule has 6 rings (SSSR count). The molecule has 9 nitrogen and oxygen atoms in total. The molecule has 2 saturated carbocycles. The van der Waals surface area contributed by atoms with E-state index in [2.05, 4.69) is 20.3 Å². The van der Waals surface area contributed by atoms with Gasteiger partial charge in [-0.15, -0.1) is 0 Å². The lowest BCUT2D eigenvalue weighted by molar-refractivity contribution is 0.0927. The van der Waals surface area contributed by atoms with Crippen LogP contribution in [-0.2, 0) is 0 Å². The Morgan fingerprint density at radius 2 is 2.00 bits per heavy atom. The van der Waals surface area contributed by atoms with Gasteiger partial charge in [0.05, 0.1) is 23.3 Å². The summed E-state index contributed by atoms with van der Waals surface area (Å²) in [5.74, 6) is 2.39. The molecular formula is C24H27N5O4. The second kappa shape index (κ2) is 8.22. The second-order valence-corrected chi connectivity index (χ2v) is 9.16. The van der Waals surface area contributed by atoms with E-state index in [-0.39, 0.29) is 24.8 Å². The monoisotopic (exact) mass is 449 g/mol. The molecule has 0 spiro atoms. The van der Waals surface area contributed by atoms with E-state index in [0.29, 0.717) is 57.6 Å². The van der Waals surface area contributed by atoms with Crippen LogP contribution in [0.5, 0.6) is 17.2 Å². The number of hydrogen-bond acceptors (Lipinski definition) is 7. The molecule has 2 fully saturated rings. The molecule has 1 aromatic carbocycles. The Bertz CT molecular complexity index is 1200. The summed E-state index contributed by atoms with van der Waals surface area (Å²) in [7, 11) is 0. The predicted octanol–water partition coefficient (Wildman–Crippen LogP) is 3.14. The number of fused-ring (bicyclic) bond motifs is 2. The third-order valence-corrected chi connectivity index (χ3v) is 6.72. The zero-order valence-electron chi connectivity index (χ0n) is 18.3. The molecule has 3 aromatic rings. The van der Waals surface area contributed by atoms with Crippen molar-refractivity contribution in [1.29, 1.82) is 0 Å². The fourth-order valence-electron chi connectivity index (χ4n) is 4.62. The highest BCUT2D eigenvalue weighted by molar-refractivity contribution is 6.08. The maximum Gasteiger partial charge on any atom is 0.255 e. The van der Waals surface area contributed by atoms with Crippen LogP contribution in [-0.4, -0.2) is 46.3 Å². The fraction of sp³-hybridized carbons (Fsp3) is 0.458. The topological polar surface area (TPSA) is 124 Å². The first-order chi connectivity index (χ1) is 16.2. The van der Waals surface area contributed by atoms with Crippen LogP contribution in [0.25, 0.3) is 22.3 Å². The highest BCUT2D eigenvalue weighted by atomic mass is 16.7. The van der Waals surface area contributed by atoms with E-state index in [4.69, 9.17) is 19.9 Å². The minimum Gasteiger partial charge on any atom is -0.492 e. The highest BCUT2D eigenvalue weighted by Gasteiger charge is 2.29. The maximum atomic E-state index is 13.1. The van der Waals surface area contributed by atoms with E-state index in [1.165, 1.54) is 19.2 Å². The van der Waals surface area contributed by atoms with E-state index in [1.54, 1.807) is 6.20 Å². The van der Waals surface area contributed by atoms with Gasteiger partial charge in [-0.25, -0.2) is 9.97 Å². The average molecular weight is 450 g/mol. The van der Waals surface area contributed by atoms with Gasteiger partial charge in [0.25, 0.3) is 5.91 Å². The lowest BCUT2D eigenvalue weighted by atomic mass is 9.91. The van der Waals surface area contributed by atoms with Gasteiger partial charge in [-0.3, -0.25) is 4.79 Å². The van der Waals surface area contributed by atoms with Gasteiger partial charge in [0, 0.05) is 18.3 Å². The predicted molar refractivity (Wildman–Crippen MR) is 121 cm³/mol. The Hall–Kier alpha value is -3.33. The van der Waals surface area contributed by atoms with Crippen molar-refractivity contribution in [3.05, 3.63) is 30.2 Å². The first kappa shape index (κ1) is 20.3. The number of H-pyrrole nitrogens is 1. The molecule has 2 aliphatic carbocycles. The van der Waals surface area contributed by atoms with E-state index in [0.717, 1.165) is 25.7 Å². The molecule has 0 atom stereocenters. The van der Waals surface area contributed by atoms with E-state index in [9.17, 15) is 4.79 Å². The number of nitrogens with two attached hydrogens (primary N) is 1. The number of amides is 1. The van der Waals surface area contributed by atoms with Gasteiger partial charge in [-0.1, -0.05) is 0 Å². The SMILES string of the molecule is NC1CCC(NC(=O)c2c[nH]c3c(-c4c(OCC5CC5)ccc5c4OCO5)ncnc23)CC1. The third-order valence-electron chi connectivity index (χ3n) is 6.72. The van der Waals surface area contributed by atoms with Gasteiger partial charge < -0.3 is 30.2 Å². The number of benzene rings is 1. The second-order valence-electron chi connectivity index (χ2n) is 9.16. The quantitative estimate of drug-likeness (QED) is 0.528. The summed E-state index contributed by atoms with van der Waals surface area (Å²) in [6, 6.07) is 4.12. The summed E-state index contributed by atoms with van der Waals surface area (Å²) in [6.45, 7) is 0.802. The number of ether oxygens (including phenoxy) is 3. The van der Waals surface area contributed by atoms with Gasteiger partial charge >= 0.3 is 0 Å². The zero-order chi connectivity index (χ0) is 22.4. The van der Waals surface area contributed by atoms with E-state index in [1.807, 2.05) is 12.1 Å². The molecule has 3 heterocycles. The highest BCUT2D eigenvalue weighted by Crippen LogP contribution is 2.48. The Balaban J connectivity index is 1.35. The van der Waals surface area contributed by atoms with Gasteiger partial charge in [0.2, 0.25) is 6.79 Å². The molecule has 0 bridgehead atoms. The molecule has 33 heavy (non-hydrogen) atoms. The van der Waals surface area contributed by atoms with Crippen LogP contribution < -0.4 is 25.3 Å². The number of aromatic nitrogens is 3. The first-order valence-electron chi connectivity index (χ1n) is 11.6. The summed E-state index contributed by atoms with van der Waals surface area (Å²) in [5.41, 5.74) is 9.05. The molecule has 1 amide bonds. The van der Waals surface area contributed by atoms with Crippen molar-refractivity contribution in [3.8, 4) is 28.5 Å². The molecule has 2 aromatic heterocycles. The number of carbonyl (C=O) groups is 1. The minimum atomic E-state index is -0.144. The lowest BCUT2D eigenvalue weighted by Gasteiger charge is -2.26. The number of nitrogens with one attached hydrogen (secondary N) is 2. The van der Waals surface area contributed by atoms with Crippen LogP contribution in [0, 0.1) is 5.92 Å². The number of aromatic amines is 1. The van der Waals surface area contributed by atoms with Crippen molar-refractivity contribution in [1.82, 2.24) is 20.3 Å². The number of nitrogens with zero attached hydrogens (tertiary/aromatic N) is 2. The number of hydrogen-bond donors (Lipinski definition) is 3. The fourth-order valence-corrected chi connectivity index (χ4v) is 4.62. The summed E-state index contributed by atoms with van der Waals surface area (Å²) in [5, 5.41) is 3.14. The molecular weight excluding hydrogens is 422 g/mol. The third kappa shape index (κ3) is 3.86. The van der Waals surface area contributed by atoms with Crippen LogP contribution >= 0.6 is 0 Å². The maximum absolute atomic E-state index is 13.1. The molecule has 172 valence electrons. The van der Waals surface area contributed by atoms with Crippen LogP contribution in [0.1, 0.15) is 48.9 Å². The normalized spacial score (nSPS) is 21.8. The minimum absolute atomic E-state index is 0.133. The van der Waals surface area contributed by atoms with Crippen molar-refractivity contribution in [2.75, 3.05) is 13.4 Å². The Morgan fingerprint density at radius 1 is 1.15 bits per heavy atom. The van der Waals surface area contributed by atoms with Crippen molar-refractivity contribution in [2.45, 2.75) is 50.6 Å². The Labute approximate surface area is 191 Å². The molecule has 9 heteroatoms. The van der Waals surface area contributed by atoms with E-state index >= 15 is 0 Å². The molecule has 3 aliphatic rings. The number of rotatable bonds is 6. The van der Waals surface area contributed by atoms with Gasteiger partial charge in [0.1, 0.15) is 23.3 Å². The lowest BCUT2D eigenvalue weighted by Crippen LogP contribution is -2.40. The van der Waals surface area contributed by atoms with Crippen LogP contribution in [0.15, 0.2) is 24.7 Å². The van der Waals surface area contributed by atoms with Crippen LogP contribution in [0.4, 0.5) is 0 Å². The zero-order valence-corrected chi connectivity index (χ0v) is 18.3. The van der Waals surface area contributed by atoms with E-state index < -0.39 is 0 Å². The summed E-state index contributed by atoms with van der Waals surface area (Å²) in [6.07, 6.45) is 9.19. The summed E-state index contributed by atoms with van der Waals surface area (Å²) < 4.78 is 17.5. The average Bonchev–Trinajstić information content (AvgIpc) is 3.35. The summed E-state index contributed by atoms with van der Waals surface area (Å²) >= 11 is 0. The number of carbonyl (C=O) groups excluding carboxylic acids is 1. The molecule has 0 radical (unpaired) electrons. The van der Waals surface area contributed by atoms with Crippen molar-refractivity contribution in [3.63, 3.8) is 0 Å². The molecule has 4 N–H and O–H groups in total. The Kier molecular flexibility index (Phi) is 5.05. The largest absolute Gasteiger partial charge is 0.492 e. The summed E-state index contributed by atoms with van der Waals surface area (Å²) in [4.78, 5) is 25.3. The van der Waals surface area contributed by atoms with Crippen LogP contribution in [0.2, 0.25) is 0 Å². The van der Waals surface area contributed by atoms with Gasteiger partial charge in [-0.05, 0) is 56.6 Å². The first-order valence-corrected chi connectivity index (χ1v) is 11.6. The Morgan fingerprint density at radius 3 is 2.82 bits per heavy atom. The molecule has 0 unspecified atom stereocenters. The molecule has 1 aliphatic heterocycles. The molecule has 0 saturated heterocycles.